The molecule has 0 atom stereocenters. The largest absolute Gasteiger partial charge is 0.492 e. The minimum absolute atomic E-state index is 0.114. The van der Waals surface area contributed by atoms with Crippen LogP contribution in [0.25, 0.3) is 0 Å². The highest BCUT2D eigenvalue weighted by Gasteiger charge is 2.13. The maximum absolute atomic E-state index is 13.0. The van der Waals surface area contributed by atoms with E-state index < -0.39 is 22.9 Å². The van der Waals surface area contributed by atoms with Gasteiger partial charge in [-0.25, -0.2) is 4.79 Å². The van der Waals surface area contributed by atoms with Crippen LogP contribution in [0.1, 0.15) is 6.92 Å². The maximum Gasteiger partial charge on any atom is 0.331 e. The van der Waals surface area contributed by atoms with Gasteiger partial charge in [-0.1, -0.05) is 6.92 Å². The van der Waals surface area contributed by atoms with E-state index in [1.54, 1.807) is 4.98 Å². The number of aromatic hydroxyl groups is 1. The van der Waals surface area contributed by atoms with E-state index in [2.05, 4.69) is 0 Å². The summed E-state index contributed by atoms with van der Waals surface area (Å²) in [5, 5.41) is 9.29. The van der Waals surface area contributed by atoms with E-state index in [1.165, 1.54) is 0 Å². The van der Waals surface area contributed by atoms with Gasteiger partial charge in [0.15, 0.2) is 0 Å². The van der Waals surface area contributed by atoms with E-state index in [1.807, 2.05) is 18.9 Å². The molecule has 0 saturated carbocycles. The Morgan fingerprint density at radius 2 is 2.12 bits per heavy atom. The van der Waals surface area contributed by atoms with Crippen LogP contribution in [-0.4, -0.2) is 39.7 Å². The van der Waals surface area contributed by atoms with Crippen molar-refractivity contribution in [1.82, 2.24) is 14.5 Å². The molecule has 16 heavy (non-hydrogen) atoms. The number of H-pyrrole nitrogens is 1. The SMILES string of the molecule is CCN(C)CCn1c(O)c(F)c(=O)[nH]c1=O. The Morgan fingerprint density at radius 3 is 2.69 bits per heavy atom. The molecule has 0 aliphatic carbocycles. The van der Waals surface area contributed by atoms with Crippen LogP contribution < -0.4 is 11.2 Å². The summed E-state index contributed by atoms with van der Waals surface area (Å²) in [7, 11) is 1.82. The predicted octanol–water partition coefficient (Wildman–Crippen LogP) is -0.667. The minimum atomic E-state index is -1.33. The van der Waals surface area contributed by atoms with E-state index in [9.17, 15) is 19.1 Å². The summed E-state index contributed by atoms with van der Waals surface area (Å²) in [4.78, 5) is 25.7. The third-order valence-corrected chi connectivity index (χ3v) is 2.36. The molecule has 0 radical (unpaired) electrons. The molecule has 0 unspecified atom stereocenters. The summed E-state index contributed by atoms with van der Waals surface area (Å²) in [6.07, 6.45) is 0. The number of likely N-dealkylation sites (N-methyl/N-ethyl adjacent to an activating group) is 1. The van der Waals surface area contributed by atoms with Gasteiger partial charge in [0.1, 0.15) is 0 Å². The molecule has 6 nitrogen and oxygen atoms in total. The van der Waals surface area contributed by atoms with Crippen LogP contribution in [-0.2, 0) is 6.54 Å². The van der Waals surface area contributed by atoms with Crippen LogP contribution in [0.3, 0.4) is 0 Å². The molecule has 90 valence electrons. The van der Waals surface area contributed by atoms with Gasteiger partial charge in [0, 0.05) is 13.1 Å². The molecule has 0 aromatic carbocycles. The Kier molecular flexibility index (Phi) is 3.83. The van der Waals surface area contributed by atoms with Gasteiger partial charge in [0.05, 0.1) is 0 Å². The van der Waals surface area contributed by atoms with E-state index in [-0.39, 0.29) is 6.54 Å². The summed E-state index contributed by atoms with van der Waals surface area (Å²) in [5.41, 5.74) is -2.02. The highest BCUT2D eigenvalue weighted by Crippen LogP contribution is 2.06. The first-order valence-corrected chi connectivity index (χ1v) is 4.87. The van der Waals surface area contributed by atoms with Crippen molar-refractivity contribution in [1.29, 1.82) is 0 Å². The van der Waals surface area contributed by atoms with Crippen molar-refractivity contribution in [2.75, 3.05) is 20.1 Å². The molecular formula is C9H14FN3O3. The van der Waals surface area contributed by atoms with E-state index >= 15 is 0 Å². The molecular weight excluding hydrogens is 217 g/mol. The van der Waals surface area contributed by atoms with E-state index in [0.29, 0.717) is 6.54 Å². The number of aromatic nitrogens is 2. The zero-order valence-corrected chi connectivity index (χ0v) is 9.16. The smallest absolute Gasteiger partial charge is 0.331 e. The Bertz CT molecular complexity index is 480. The van der Waals surface area contributed by atoms with Crippen LogP contribution in [0, 0.1) is 5.82 Å². The van der Waals surface area contributed by atoms with E-state index in [0.717, 1.165) is 11.1 Å². The van der Waals surface area contributed by atoms with Gasteiger partial charge in [-0.05, 0) is 13.6 Å². The molecule has 0 bridgehead atoms. The predicted molar refractivity (Wildman–Crippen MR) is 56.1 cm³/mol. The monoisotopic (exact) mass is 231 g/mol. The Labute approximate surface area is 90.9 Å². The summed E-state index contributed by atoms with van der Waals surface area (Å²) in [6.45, 7) is 3.27. The van der Waals surface area contributed by atoms with Gasteiger partial charge in [-0.15, -0.1) is 0 Å². The van der Waals surface area contributed by atoms with Crippen molar-refractivity contribution < 1.29 is 9.50 Å². The van der Waals surface area contributed by atoms with Crippen molar-refractivity contribution >= 4 is 0 Å². The van der Waals surface area contributed by atoms with Crippen molar-refractivity contribution in [2.45, 2.75) is 13.5 Å². The Hall–Kier alpha value is -1.63. The fourth-order valence-electron chi connectivity index (χ4n) is 1.17. The molecule has 1 aromatic heterocycles. The molecule has 2 N–H and O–H groups in total. The number of aromatic amines is 1. The van der Waals surface area contributed by atoms with E-state index in [4.69, 9.17) is 0 Å². The Balaban J connectivity index is 3.01. The second-order valence-electron chi connectivity index (χ2n) is 3.44. The molecule has 0 aliphatic heterocycles. The van der Waals surface area contributed by atoms with Crippen LogP contribution in [0.5, 0.6) is 5.88 Å². The van der Waals surface area contributed by atoms with Crippen molar-refractivity contribution in [3.63, 3.8) is 0 Å². The zero-order valence-electron chi connectivity index (χ0n) is 9.16. The van der Waals surface area contributed by atoms with Crippen LogP contribution in [0.15, 0.2) is 9.59 Å². The average molecular weight is 231 g/mol. The lowest BCUT2D eigenvalue weighted by Gasteiger charge is -2.15. The van der Waals surface area contributed by atoms with Gasteiger partial charge in [0.2, 0.25) is 11.7 Å². The topological polar surface area (TPSA) is 78.3 Å². The van der Waals surface area contributed by atoms with Gasteiger partial charge in [-0.2, -0.15) is 4.39 Å². The molecule has 1 heterocycles. The summed E-state index contributed by atoms with van der Waals surface area (Å²) in [6, 6.07) is 0. The number of hydrogen-bond donors (Lipinski definition) is 2. The third-order valence-electron chi connectivity index (χ3n) is 2.36. The lowest BCUT2D eigenvalue weighted by molar-refractivity contribution is 0.304. The lowest BCUT2D eigenvalue weighted by Crippen LogP contribution is -2.34. The van der Waals surface area contributed by atoms with Gasteiger partial charge < -0.3 is 10.0 Å². The second kappa shape index (κ2) is 4.93. The fraction of sp³-hybridized carbons (Fsp3) is 0.556. The van der Waals surface area contributed by atoms with Gasteiger partial charge in [-0.3, -0.25) is 14.3 Å². The molecule has 0 fully saturated rings. The quantitative estimate of drug-likeness (QED) is 0.720. The fourth-order valence-corrected chi connectivity index (χ4v) is 1.17. The molecule has 0 amide bonds. The average Bonchev–Trinajstić information content (AvgIpc) is 2.25. The first-order valence-electron chi connectivity index (χ1n) is 4.87. The standard InChI is InChI=1S/C9H14FN3O3/c1-3-12(2)4-5-13-8(15)6(10)7(14)11-9(13)16/h15H,3-5H2,1-2H3,(H,11,14,16). The van der Waals surface area contributed by atoms with Crippen molar-refractivity contribution in [3.8, 4) is 5.88 Å². The molecule has 0 saturated heterocycles. The second-order valence-corrected chi connectivity index (χ2v) is 3.44. The lowest BCUT2D eigenvalue weighted by atomic mass is 10.5. The number of hydrogen-bond acceptors (Lipinski definition) is 4. The zero-order chi connectivity index (χ0) is 12.3. The molecule has 1 rings (SSSR count). The number of nitrogens with zero attached hydrogens (tertiary/aromatic N) is 2. The van der Waals surface area contributed by atoms with Gasteiger partial charge >= 0.3 is 5.69 Å². The molecule has 7 heteroatoms. The summed E-state index contributed by atoms with van der Waals surface area (Å²) < 4.78 is 13.8. The normalized spacial score (nSPS) is 11.0. The van der Waals surface area contributed by atoms with Crippen LogP contribution in [0.2, 0.25) is 0 Å². The summed E-state index contributed by atoms with van der Waals surface area (Å²) in [5.74, 6) is -2.25. The Morgan fingerprint density at radius 1 is 1.50 bits per heavy atom. The van der Waals surface area contributed by atoms with Crippen molar-refractivity contribution in [3.05, 3.63) is 26.7 Å². The molecule has 1 aromatic rings. The number of rotatable bonds is 4. The highest BCUT2D eigenvalue weighted by atomic mass is 19.1. The third kappa shape index (κ3) is 2.48. The van der Waals surface area contributed by atoms with Crippen LogP contribution >= 0.6 is 0 Å². The number of nitrogens with one attached hydrogen (secondary N) is 1. The first-order chi connectivity index (χ1) is 7.47. The molecule has 0 aliphatic rings. The van der Waals surface area contributed by atoms with Crippen molar-refractivity contribution in [2.24, 2.45) is 0 Å². The van der Waals surface area contributed by atoms with Gasteiger partial charge in [0.25, 0.3) is 5.56 Å². The highest BCUT2D eigenvalue weighted by molar-refractivity contribution is 5.09. The molecule has 0 spiro atoms. The minimum Gasteiger partial charge on any atom is -0.492 e. The summed E-state index contributed by atoms with van der Waals surface area (Å²) >= 11 is 0. The maximum atomic E-state index is 13.0. The number of halogens is 1. The van der Waals surface area contributed by atoms with Crippen LogP contribution in [0.4, 0.5) is 4.39 Å². The first kappa shape index (κ1) is 12.4.